The molecule has 0 bridgehead atoms. The SMILES string of the molecule is COc1cccc(N(C(O)CCl)C(C(=O)NCCc2ccccc2)c2cccs2)c1. The van der Waals surface area contributed by atoms with E-state index in [2.05, 4.69) is 5.32 Å². The number of carbonyl (C=O) groups excluding carboxylic acids is 1. The summed E-state index contributed by atoms with van der Waals surface area (Å²) in [5.41, 5.74) is 1.80. The first-order valence-corrected chi connectivity index (χ1v) is 11.1. The zero-order valence-corrected chi connectivity index (χ0v) is 18.3. The largest absolute Gasteiger partial charge is 0.497 e. The highest BCUT2D eigenvalue weighted by atomic mass is 35.5. The Morgan fingerprint density at radius 3 is 2.63 bits per heavy atom. The van der Waals surface area contributed by atoms with Crippen molar-refractivity contribution in [3.63, 3.8) is 0 Å². The lowest BCUT2D eigenvalue weighted by Gasteiger charge is -2.35. The van der Waals surface area contributed by atoms with Crippen LogP contribution < -0.4 is 15.0 Å². The summed E-state index contributed by atoms with van der Waals surface area (Å²) in [5.74, 6) is 0.394. The molecule has 0 radical (unpaired) electrons. The van der Waals surface area contributed by atoms with E-state index in [9.17, 15) is 9.90 Å². The molecule has 2 aromatic carbocycles. The van der Waals surface area contributed by atoms with Crippen molar-refractivity contribution in [1.29, 1.82) is 0 Å². The maximum absolute atomic E-state index is 13.3. The summed E-state index contributed by atoms with van der Waals surface area (Å²) in [6.45, 7) is 0.494. The van der Waals surface area contributed by atoms with Crippen LogP contribution in [0.25, 0.3) is 0 Å². The molecule has 1 heterocycles. The van der Waals surface area contributed by atoms with Gasteiger partial charge in [-0.3, -0.25) is 4.79 Å². The van der Waals surface area contributed by atoms with Gasteiger partial charge in [-0.1, -0.05) is 42.5 Å². The topological polar surface area (TPSA) is 61.8 Å². The van der Waals surface area contributed by atoms with Crippen molar-refractivity contribution in [3.05, 3.63) is 82.6 Å². The Morgan fingerprint density at radius 2 is 1.97 bits per heavy atom. The quantitative estimate of drug-likeness (QED) is 0.363. The van der Waals surface area contributed by atoms with E-state index < -0.39 is 12.3 Å². The van der Waals surface area contributed by atoms with Gasteiger partial charge < -0.3 is 20.1 Å². The van der Waals surface area contributed by atoms with Crippen LogP contribution in [-0.2, 0) is 11.2 Å². The molecule has 0 saturated carbocycles. The number of nitrogens with one attached hydrogen (secondary N) is 1. The molecule has 1 aromatic heterocycles. The Bertz CT molecular complexity index is 921. The predicted molar refractivity (Wildman–Crippen MR) is 122 cm³/mol. The number of methoxy groups -OCH3 is 1. The normalized spacial score (nSPS) is 12.8. The van der Waals surface area contributed by atoms with Crippen LogP contribution in [0.5, 0.6) is 5.75 Å². The molecule has 0 aliphatic carbocycles. The molecule has 2 N–H and O–H groups in total. The second-order valence-corrected chi connectivity index (χ2v) is 7.98. The molecular weight excluding hydrogens is 420 g/mol. The Labute approximate surface area is 185 Å². The smallest absolute Gasteiger partial charge is 0.248 e. The van der Waals surface area contributed by atoms with Gasteiger partial charge in [-0.15, -0.1) is 22.9 Å². The van der Waals surface area contributed by atoms with Crippen LogP contribution >= 0.6 is 22.9 Å². The van der Waals surface area contributed by atoms with Crippen LogP contribution in [0.4, 0.5) is 5.69 Å². The minimum absolute atomic E-state index is 0.0453. The van der Waals surface area contributed by atoms with E-state index in [1.807, 2.05) is 66.0 Å². The van der Waals surface area contributed by atoms with E-state index in [0.29, 0.717) is 18.0 Å². The number of carbonyl (C=O) groups is 1. The van der Waals surface area contributed by atoms with Gasteiger partial charge in [0.05, 0.1) is 13.0 Å². The van der Waals surface area contributed by atoms with Gasteiger partial charge in [0.1, 0.15) is 18.0 Å². The van der Waals surface area contributed by atoms with Crippen molar-refractivity contribution in [2.75, 3.05) is 24.4 Å². The number of amides is 1. The van der Waals surface area contributed by atoms with Crippen molar-refractivity contribution in [1.82, 2.24) is 5.32 Å². The highest BCUT2D eigenvalue weighted by Crippen LogP contribution is 2.33. The first-order valence-electron chi connectivity index (χ1n) is 9.65. The van der Waals surface area contributed by atoms with Crippen molar-refractivity contribution in [3.8, 4) is 5.75 Å². The molecule has 5 nitrogen and oxygen atoms in total. The van der Waals surface area contributed by atoms with E-state index in [4.69, 9.17) is 16.3 Å². The van der Waals surface area contributed by atoms with Crippen LogP contribution in [0.3, 0.4) is 0 Å². The average Bonchev–Trinajstić information content (AvgIpc) is 3.31. The molecule has 158 valence electrons. The van der Waals surface area contributed by atoms with Gasteiger partial charge >= 0.3 is 0 Å². The average molecular weight is 445 g/mol. The minimum Gasteiger partial charge on any atom is -0.497 e. The third-order valence-electron chi connectivity index (χ3n) is 4.71. The molecule has 7 heteroatoms. The van der Waals surface area contributed by atoms with E-state index in [1.165, 1.54) is 11.3 Å². The van der Waals surface area contributed by atoms with Crippen LogP contribution in [0.1, 0.15) is 16.5 Å². The summed E-state index contributed by atoms with van der Waals surface area (Å²) in [4.78, 5) is 15.7. The Kier molecular flexibility index (Phi) is 8.13. The number of hydrogen-bond donors (Lipinski definition) is 2. The van der Waals surface area contributed by atoms with Gasteiger partial charge in [-0.2, -0.15) is 0 Å². The molecule has 3 aromatic rings. The van der Waals surface area contributed by atoms with Gasteiger partial charge in [0.2, 0.25) is 5.91 Å². The molecule has 2 unspecified atom stereocenters. The predicted octanol–water partition coefficient (Wildman–Crippen LogP) is 4.22. The maximum atomic E-state index is 13.3. The number of nitrogens with zero attached hydrogens (tertiary/aromatic N) is 1. The molecule has 3 rings (SSSR count). The Hall–Kier alpha value is -2.54. The van der Waals surface area contributed by atoms with E-state index in [-0.39, 0.29) is 11.8 Å². The molecule has 1 amide bonds. The van der Waals surface area contributed by atoms with Crippen LogP contribution in [0.15, 0.2) is 72.1 Å². The molecule has 30 heavy (non-hydrogen) atoms. The lowest BCUT2D eigenvalue weighted by molar-refractivity contribution is -0.123. The summed E-state index contributed by atoms with van der Waals surface area (Å²) < 4.78 is 5.32. The molecular formula is C23H25ClN2O3S. The van der Waals surface area contributed by atoms with E-state index >= 15 is 0 Å². The number of halogens is 1. The number of aliphatic hydroxyl groups is 1. The Balaban J connectivity index is 1.86. The first-order chi connectivity index (χ1) is 14.6. The standard InChI is InChI=1S/C23H25ClN2O3S/c1-29-19-10-5-9-18(15-19)26(21(27)16-24)22(20-11-6-14-30-20)23(28)25-13-12-17-7-3-2-4-8-17/h2-11,14-15,21-22,27H,12-13,16H2,1H3,(H,25,28). The fourth-order valence-corrected chi connectivity index (χ4v) is 4.22. The number of rotatable bonds is 10. The lowest BCUT2D eigenvalue weighted by atomic mass is 10.1. The van der Waals surface area contributed by atoms with Crippen LogP contribution in [0.2, 0.25) is 0 Å². The van der Waals surface area contributed by atoms with E-state index in [0.717, 1.165) is 16.9 Å². The lowest BCUT2D eigenvalue weighted by Crippen LogP contribution is -2.47. The number of hydrogen-bond acceptors (Lipinski definition) is 5. The molecule has 0 spiro atoms. The number of benzene rings is 2. The summed E-state index contributed by atoms with van der Waals surface area (Å²) >= 11 is 7.48. The fraction of sp³-hybridized carbons (Fsp3) is 0.261. The second kappa shape index (κ2) is 11.0. The number of aliphatic hydroxyl groups excluding tert-OH is 1. The van der Waals surface area contributed by atoms with Gasteiger partial charge in [0, 0.05) is 23.2 Å². The fourth-order valence-electron chi connectivity index (χ4n) is 3.25. The highest BCUT2D eigenvalue weighted by molar-refractivity contribution is 7.10. The monoisotopic (exact) mass is 444 g/mol. The van der Waals surface area contributed by atoms with Crippen molar-refractivity contribution >= 4 is 34.5 Å². The Morgan fingerprint density at radius 1 is 1.17 bits per heavy atom. The maximum Gasteiger partial charge on any atom is 0.248 e. The zero-order chi connectivity index (χ0) is 21.3. The van der Waals surface area contributed by atoms with Crippen LogP contribution in [0, 0.1) is 0 Å². The molecule has 0 aliphatic heterocycles. The number of thiophene rings is 1. The number of anilines is 1. The molecule has 0 saturated heterocycles. The summed E-state index contributed by atoms with van der Waals surface area (Å²) in [5, 5.41) is 15.7. The highest BCUT2D eigenvalue weighted by Gasteiger charge is 2.33. The van der Waals surface area contributed by atoms with Crippen molar-refractivity contribution in [2.45, 2.75) is 18.7 Å². The first kappa shape index (κ1) is 22.2. The van der Waals surface area contributed by atoms with Gasteiger partial charge in [-0.25, -0.2) is 0 Å². The summed E-state index contributed by atoms with van der Waals surface area (Å²) in [6.07, 6.45) is -0.327. The molecule has 2 atom stereocenters. The van der Waals surface area contributed by atoms with E-state index in [1.54, 1.807) is 18.1 Å². The number of ether oxygens (including phenoxy) is 1. The van der Waals surface area contributed by atoms with Gasteiger partial charge in [0.25, 0.3) is 0 Å². The zero-order valence-electron chi connectivity index (χ0n) is 16.7. The second-order valence-electron chi connectivity index (χ2n) is 6.69. The summed E-state index contributed by atoms with van der Waals surface area (Å²) in [6, 6.07) is 20.3. The summed E-state index contributed by atoms with van der Waals surface area (Å²) in [7, 11) is 1.58. The van der Waals surface area contributed by atoms with Gasteiger partial charge in [0.15, 0.2) is 0 Å². The van der Waals surface area contributed by atoms with Crippen LogP contribution in [-0.4, -0.2) is 36.8 Å². The van der Waals surface area contributed by atoms with Crippen molar-refractivity contribution in [2.24, 2.45) is 0 Å². The minimum atomic E-state index is -1.05. The third-order valence-corrected chi connectivity index (χ3v) is 5.91. The third kappa shape index (κ3) is 5.53. The number of alkyl halides is 1. The molecule has 0 aliphatic rings. The molecule has 0 fully saturated rings. The van der Waals surface area contributed by atoms with Gasteiger partial charge in [-0.05, 0) is 35.6 Å². The van der Waals surface area contributed by atoms with Crippen molar-refractivity contribution < 1.29 is 14.6 Å².